The number of carbonyl (C=O) groups excluding carboxylic acids is 1. The van der Waals surface area contributed by atoms with Gasteiger partial charge in [0.15, 0.2) is 0 Å². The molecule has 0 atom stereocenters. The lowest BCUT2D eigenvalue weighted by Gasteiger charge is -2.22. The van der Waals surface area contributed by atoms with Crippen LogP contribution in [-0.4, -0.2) is 38.6 Å². The van der Waals surface area contributed by atoms with Crippen LogP contribution in [0, 0.1) is 0 Å². The van der Waals surface area contributed by atoms with Crippen LogP contribution >= 0.6 is 11.8 Å². The lowest BCUT2D eigenvalue weighted by atomic mass is 9.95. The summed E-state index contributed by atoms with van der Waals surface area (Å²) in [4.78, 5) is 23.7. The van der Waals surface area contributed by atoms with Crippen molar-refractivity contribution < 1.29 is 14.7 Å². The average Bonchev–Trinajstić information content (AvgIpc) is 3.11. The molecule has 0 unspecified atom stereocenters. The van der Waals surface area contributed by atoms with Gasteiger partial charge >= 0.3 is 5.97 Å². The minimum absolute atomic E-state index is 0.00806. The van der Waals surface area contributed by atoms with Gasteiger partial charge in [0.25, 0.3) is 5.91 Å². The fourth-order valence-corrected chi connectivity index (χ4v) is 4.43. The Labute approximate surface area is 169 Å². The van der Waals surface area contributed by atoms with Crippen LogP contribution in [0.3, 0.4) is 0 Å². The zero-order valence-corrected chi connectivity index (χ0v) is 17.0. The number of hydrogen-bond donors (Lipinski definition) is 2. The normalized spacial score (nSPS) is 14.8. The molecular formula is C21H27N3O3S. The Kier molecular flexibility index (Phi) is 7.14. The first-order chi connectivity index (χ1) is 13.6. The van der Waals surface area contributed by atoms with Crippen LogP contribution in [0.1, 0.15) is 61.4 Å². The molecule has 1 fully saturated rings. The van der Waals surface area contributed by atoms with Crippen LogP contribution in [-0.2, 0) is 11.2 Å². The Morgan fingerprint density at radius 2 is 1.93 bits per heavy atom. The van der Waals surface area contributed by atoms with E-state index in [0.29, 0.717) is 5.56 Å². The van der Waals surface area contributed by atoms with Gasteiger partial charge in [-0.2, -0.15) is 5.10 Å². The Morgan fingerprint density at radius 3 is 2.57 bits per heavy atom. The molecule has 0 bridgehead atoms. The summed E-state index contributed by atoms with van der Waals surface area (Å²) < 4.78 is 1.78. The molecule has 1 aliphatic carbocycles. The molecule has 0 saturated heterocycles. The highest BCUT2D eigenvalue weighted by molar-refractivity contribution is 7.99. The van der Waals surface area contributed by atoms with Gasteiger partial charge in [0.05, 0.1) is 23.9 Å². The summed E-state index contributed by atoms with van der Waals surface area (Å²) in [6, 6.07) is 7.54. The molecule has 28 heavy (non-hydrogen) atoms. The predicted octanol–water partition coefficient (Wildman–Crippen LogP) is 4.06. The van der Waals surface area contributed by atoms with Crippen LogP contribution < -0.4 is 5.32 Å². The van der Waals surface area contributed by atoms with Crippen molar-refractivity contribution in [2.45, 2.75) is 62.9 Å². The number of carbonyl (C=O) groups is 2. The maximum absolute atomic E-state index is 12.9. The molecule has 3 rings (SSSR count). The second-order valence-electron chi connectivity index (χ2n) is 7.17. The third-order valence-electron chi connectivity index (χ3n) is 4.89. The first kappa shape index (κ1) is 20.5. The zero-order chi connectivity index (χ0) is 19.9. The van der Waals surface area contributed by atoms with Crippen molar-refractivity contribution in [1.82, 2.24) is 15.1 Å². The lowest BCUT2D eigenvalue weighted by Crippen LogP contribution is -2.36. The number of carboxylic acids is 1. The summed E-state index contributed by atoms with van der Waals surface area (Å²) in [5.41, 5.74) is 2.17. The second-order valence-corrected chi connectivity index (χ2v) is 8.25. The van der Waals surface area contributed by atoms with Crippen molar-refractivity contribution in [2.75, 3.05) is 5.75 Å². The molecule has 0 radical (unpaired) electrons. The van der Waals surface area contributed by atoms with E-state index in [2.05, 4.69) is 17.3 Å². The molecular weight excluding hydrogens is 374 g/mol. The van der Waals surface area contributed by atoms with Gasteiger partial charge in [-0.15, -0.1) is 11.8 Å². The Bertz CT molecular complexity index is 811. The number of nitrogens with one attached hydrogen (secondary N) is 1. The summed E-state index contributed by atoms with van der Waals surface area (Å²) in [7, 11) is 0. The maximum atomic E-state index is 12.9. The van der Waals surface area contributed by atoms with E-state index in [1.165, 1.54) is 19.3 Å². The van der Waals surface area contributed by atoms with Gasteiger partial charge in [-0.3, -0.25) is 9.59 Å². The van der Waals surface area contributed by atoms with Gasteiger partial charge in [-0.1, -0.05) is 38.3 Å². The lowest BCUT2D eigenvalue weighted by molar-refractivity contribution is -0.136. The van der Waals surface area contributed by atoms with Crippen LogP contribution in [0.2, 0.25) is 0 Å². The monoisotopic (exact) mass is 401 g/mol. The summed E-state index contributed by atoms with van der Waals surface area (Å²) in [6.45, 7) is 2.11. The number of hydrogen-bond acceptors (Lipinski definition) is 4. The molecule has 2 aromatic rings. The number of nitrogens with zero attached hydrogens (tertiary/aromatic N) is 2. The first-order valence-corrected chi connectivity index (χ1v) is 10.9. The highest BCUT2D eigenvalue weighted by atomic mass is 32.2. The Morgan fingerprint density at radius 1 is 1.21 bits per heavy atom. The molecule has 7 heteroatoms. The Hall–Kier alpha value is -2.28. The molecule has 1 heterocycles. The molecule has 6 nitrogen and oxygen atoms in total. The summed E-state index contributed by atoms with van der Waals surface area (Å²) in [5.74, 6) is -0.0149. The summed E-state index contributed by atoms with van der Waals surface area (Å²) in [6.07, 6.45) is 8.31. The van der Waals surface area contributed by atoms with Crippen molar-refractivity contribution in [3.63, 3.8) is 0 Å². The number of thioether (sulfide) groups is 1. The van der Waals surface area contributed by atoms with E-state index in [4.69, 9.17) is 5.11 Å². The first-order valence-electron chi connectivity index (χ1n) is 9.91. The van der Waals surface area contributed by atoms with Crippen molar-refractivity contribution >= 4 is 23.6 Å². The SMILES string of the molecule is CCCSc1c(C(=O)NC2CCCCC2)cnn1-c1ccc(CC(=O)O)cc1. The number of carboxylic acid groups (broad SMARTS) is 1. The number of amides is 1. The van der Waals surface area contributed by atoms with E-state index < -0.39 is 5.97 Å². The van der Waals surface area contributed by atoms with E-state index in [1.807, 2.05) is 12.1 Å². The Balaban J connectivity index is 1.82. The van der Waals surface area contributed by atoms with Crippen LogP contribution in [0.4, 0.5) is 0 Å². The number of benzene rings is 1. The number of rotatable bonds is 8. The molecule has 1 aromatic carbocycles. The molecule has 1 aliphatic rings. The molecule has 0 spiro atoms. The summed E-state index contributed by atoms with van der Waals surface area (Å²) in [5, 5.41) is 17.4. The van der Waals surface area contributed by atoms with Crippen LogP contribution in [0.5, 0.6) is 0 Å². The molecule has 2 N–H and O–H groups in total. The van der Waals surface area contributed by atoms with Gasteiger partial charge in [0, 0.05) is 6.04 Å². The minimum Gasteiger partial charge on any atom is -0.481 e. The fraction of sp³-hybridized carbons (Fsp3) is 0.476. The van der Waals surface area contributed by atoms with Crippen LogP contribution in [0.25, 0.3) is 5.69 Å². The van der Waals surface area contributed by atoms with Gasteiger partial charge < -0.3 is 10.4 Å². The van der Waals surface area contributed by atoms with E-state index >= 15 is 0 Å². The quantitative estimate of drug-likeness (QED) is 0.652. The van der Waals surface area contributed by atoms with Crippen LogP contribution in [0.15, 0.2) is 35.5 Å². The molecule has 150 valence electrons. The fourth-order valence-electron chi connectivity index (χ4n) is 3.45. The standard InChI is InChI=1S/C21H27N3O3S/c1-2-12-28-21-18(20(27)23-16-6-4-3-5-7-16)14-22-24(21)17-10-8-15(9-11-17)13-19(25)26/h8-11,14,16H,2-7,12-13H2,1H3,(H,23,27)(H,25,26). The van der Waals surface area contributed by atoms with Crippen molar-refractivity contribution in [3.05, 3.63) is 41.6 Å². The molecule has 1 amide bonds. The van der Waals surface area contributed by atoms with Crippen molar-refractivity contribution in [1.29, 1.82) is 0 Å². The van der Waals surface area contributed by atoms with Gasteiger partial charge in [0.1, 0.15) is 5.03 Å². The van der Waals surface area contributed by atoms with Gasteiger partial charge in [-0.05, 0) is 42.7 Å². The molecule has 1 saturated carbocycles. The average molecular weight is 402 g/mol. The summed E-state index contributed by atoms with van der Waals surface area (Å²) >= 11 is 1.63. The maximum Gasteiger partial charge on any atom is 0.307 e. The molecule has 1 aromatic heterocycles. The highest BCUT2D eigenvalue weighted by Gasteiger charge is 2.22. The second kappa shape index (κ2) is 9.78. The molecule has 0 aliphatic heterocycles. The topological polar surface area (TPSA) is 84.2 Å². The van der Waals surface area contributed by atoms with Crippen molar-refractivity contribution in [2.24, 2.45) is 0 Å². The number of aromatic nitrogens is 2. The number of aliphatic carboxylic acids is 1. The smallest absolute Gasteiger partial charge is 0.307 e. The van der Waals surface area contributed by atoms with E-state index in [1.54, 1.807) is 34.8 Å². The third kappa shape index (κ3) is 5.16. The highest BCUT2D eigenvalue weighted by Crippen LogP contribution is 2.27. The largest absolute Gasteiger partial charge is 0.481 e. The van der Waals surface area contributed by atoms with E-state index in [-0.39, 0.29) is 18.4 Å². The van der Waals surface area contributed by atoms with E-state index in [0.717, 1.165) is 41.3 Å². The van der Waals surface area contributed by atoms with E-state index in [9.17, 15) is 9.59 Å². The minimum atomic E-state index is -0.854. The third-order valence-corrected chi connectivity index (χ3v) is 6.17. The van der Waals surface area contributed by atoms with Gasteiger partial charge in [-0.25, -0.2) is 4.68 Å². The predicted molar refractivity (Wildman–Crippen MR) is 110 cm³/mol. The van der Waals surface area contributed by atoms with Crippen molar-refractivity contribution in [3.8, 4) is 5.69 Å². The van der Waals surface area contributed by atoms with Gasteiger partial charge in [0.2, 0.25) is 0 Å². The zero-order valence-electron chi connectivity index (χ0n) is 16.2.